The van der Waals surface area contributed by atoms with Crippen LogP contribution in [0.2, 0.25) is 0 Å². The predicted octanol–water partition coefficient (Wildman–Crippen LogP) is 1.53. The number of aliphatic imine (C=N–C) groups is 1. The van der Waals surface area contributed by atoms with Gasteiger partial charge in [0.1, 0.15) is 11.5 Å². The molecule has 0 fully saturated rings. The highest BCUT2D eigenvalue weighted by atomic mass is 79.9. The number of rotatable bonds is 3. The van der Waals surface area contributed by atoms with E-state index in [0.29, 0.717) is 16.6 Å². The van der Waals surface area contributed by atoms with E-state index in [1.54, 1.807) is 0 Å². The predicted molar refractivity (Wildman–Crippen MR) is 71.5 cm³/mol. The van der Waals surface area contributed by atoms with E-state index in [1.165, 1.54) is 7.11 Å². The van der Waals surface area contributed by atoms with Gasteiger partial charge in [0.15, 0.2) is 11.7 Å². The van der Waals surface area contributed by atoms with Crippen LogP contribution in [0.15, 0.2) is 28.5 Å². The summed E-state index contributed by atoms with van der Waals surface area (Å²) in [6.45, 7) is 0.0361. The number of halogens is 3. The zero-order valence-electron chi connectivity index (χ0n) is 10.4. The first-order valence-electron chi connectivity index (χ1n) is 5.56. The Kier molecular flexibility index (Phi) is 4.43. The second-order valence-electron chi connectivity index (χ2n) is 3.86. The number of hydrogen-bond acceptors (Lipinski definition) is 5. The lowest BCUT2D eigenvalue weighted by Crippen LogP contribution is -2.34. The molecule has 106 valence electrons. The first-order chi connectivity index (χ1) is 9.56. The Bertz CT molecular complexity index is 617. The molecule has 0 aromatic carbocycles. The van der Waals surface area contributed by atoms with Crippen molar-refractivity contribution in [2.24, 2.45) is 4.99 Å². The second kappa shape index (κ2) is 6.08. The lowest BCUT2D eigenvalue weighted by atomic mass is 10.1. The molecule has 0 saturated carbocycles. The quantitative estimate of drug-likeness (QED) is 0.666. The third-order valence-corrected chi connectivity index (χ3v) is 3.19. The van der Waals surface area contributed by atoms with Crippen molar-refractivity contribution >= 4 is 27.7 Å². The van der Waals surface area contributed by atoms with Crippen molar-refractivity contribution in [1.82, 2.24) is 10.3 Å². The molecule has 1 N–H and O–H groups in total. The highest BCUT2D eigenvalue weighted by Crippen LogP contribution is 2.15. The molecular weight excluding hydrogens is 336 g/mol. The number of methoxy groups -OCH3 is 1. The summed E-state index contributed by atoms with van der Waals surface area (Å²) >= 11 is 3.22. The third kappa shape index (κ3) is 2.84. The molecule has 0 saturated heterocycles. The van der Waals surface area contributed by atoms with Gasteiger partial charge in [-0.05, 0) is 0 Å². The number of carbonyl (C=O) groups excluding carboxylic acids is 1. The number of aromatic nitrogens is 1. The van der Waals surface area contributed by atoms with E-state index in [2.05, 4.69) is 36.0 Å². The van der Waals surface area contributed by atoms with Crippen LogP contribution in [0.4, 0.5) is 8.78 Å². The van der Waals surface area contributed by atoms with Crippen LogP contribution in [0.1, 0.15) is 5.69 Å². The van der Waals surface area contributed by atoms with E-state index in [0.717, 1.165) is 12.3 Å². The average Bonchev–Trinajstić information content (AvgIpc) is 2.46. The molecule has 0 spiro atoms. The van der Waals surface area contributed by atoms with Crippen molar-refractivity contribution < 1.29 is 18.3 Å². The second-order valence-corrected chi connectivity index (χ2v) is 4.42. The van der Waals surface area contributed by atoms with E-state index in [9.17, 15) is 13.6 Å². The van der Waals surface area contributed by atoms with Crippen LogP contribution in [0, 0.1) is 11.6 Å². The Hall–Kier alpha value is -1.83. The van der Waals surface area contributed by atoms with Crippen LogP contribution in [-0.2, 0) is 9.53 Å². The molecule has 1 aromatic rings. The molecule has 0 radical (unpaired) electrons. The molecule has 1 aliphatic rings. The van der Waals surface area contributed by atoms with Crippen LogP contribution >= 0.6 is 15.9 Å². The molecule has 0 bridgehead atoms. The van der Waals surface area contributed by atoms with E-state index in [1.807, 2.05) is 0 Å². The number of alkyl halides is 1. The first kappa shape index (κ1) is 14.6. The number of allylic oxidation sites excluding steroid dienone is 1. The van der Waals surface area contributed by atoms with Gasteiger partial charge in [-0.15, -0.1) is 0 Å². The molecule has 20 heavy (non-hydrogen) atoms. The third-order valence-electron chi connectivity index (χ3n) is 2.63. The molecule has 1 aromatic heterocycles. The summed E-state index contributed by atoms with van der Waals surface area (Å²) in [5, 5.41) is 3.13. The van der Waals surface area contributed by atoms with E-state index in [4.69, 9.17) is 0 Å². The minimum Gasteiger partial charge on any atom is -0.466 e. The summed E-state index contributed by atoms with van der Waals surface area (Å²) in [6, 6.07) is 0.722. The Morgan fingerprint density at radius 2 is 2.30 bits per heavy atom. The van der Waals surface area contributed by atoms with E-state index >= 15 is 0 Å². The van der Waals surface area contributed by atoms with Crippen LogP contribution in [0.5, 0.6) is 0 Å². The summed E-state index contributed by atoms with van der Waals surface area (Å²) in [7, 11) is 1.27. The van der Waals surface area contributed by atoms with Gasteiger partial charge in [-0.1, -0.05) is 15.9 Å². The largest absolute Gasteiger partial charge is 0.466 e. The Balaban J connectivity index is 2.31. The van der Waals surface area contributed by atoms with Gasteiger partial charge in [0.25, 0.3) is 0 Å². The van der Waals surface area contributed by atoms with Crippen molar-refractivity contribution in [2.75, 3.05) is 19.0 Å². The monoisotopic (exact) mass is 345 g/mol. The van der Waals surface area contributed by atoms with Crippen molar-refractivity contribution in [2.45, 2.75) is 0 Å². The number of nitrogens with zero attached hydrogens (tertiary/aromatic N) is 2. The standard InChI is InChI=1S/C12H10BrF2N3O2/c1-20-12(19)7-5-17-11(18-9(7)3-13)10-8(15)2-6(14)4-16-10/h2,4H,3,5H2,1H3,(H,17,18). The maximum Gasteiger partial charge on any atom is 0.337 e. The normalized spacial score (nSPS) is 14.7. The van der Waals surface area contributed by atoms with Crippen molar-refractivity contribution in [3.63, 3.8) is 0 Å². The number of amidine groups is 1. The minimum atomic E-state index is -0.827. The fourth-order valence-electron chi connectivity index (χ4n) is 1.66. The summed E-state index contributed by atoms with van der Waals surface area (Å²) in [5.74, 6) is -1.97. The van der Waals surface area contributed by atoms with E-state index in [-0.39, 0.29) is 18.1 Å². The van der Waals surface area contributed by atoms with Gasteiger partial charge >= 0.3 is 5.97 Å². The minimum absolute atomic E-state index is 0.0361. The Labute approximate surface area is 121 Å². The maximum absolute atomic E-state index is 13.6. The van der Waals surface area contributed by atoms with Crippen LogP contribution in [0.3, 0.4) is 0 Å². The highest BCUT2D eigenvalue weighted by molar-refractivity contribution is 9.09. The number of ether oxygens (including phenoxy) is 1. The molecule has 2 heterocycles. The summed E-state index contributed by atoms with van der Waals surface area (Å²) in [5.41, 5.74) is 0.747. The molecule has 0 unspecified atom stereocenters. The number of pyridine rings is 1. The van der Waals surface area contributed by atoms with Crippen LogP contribution in [0.25, 0.3) is 0 Å². The first-order valence-corrected chi connectivity index (χ1v) is 6.68. The number of carbonyl (C=O) groups is 1. The van der Waals surface area contributed by atoms with Gasteiger partial charge in [-0.25, -0.2) is 18.6 Å². The number of nitrogens with one attached hydrogen (secondary N) is 1. The topological polar surface area (TPSA) is 63.6 Å². The van der Waals surface area contributed by atoms with Crippen LogP contribution in [-0.4, -0.2) is 35.8 Å². The van der Waals surface area contributed by atoms with Gasteiger partial charge in [0.2, 0.25) is 0 Å². The van der Waals surface area contributed by atoms with Gasteiger partial charge in [0.05, 0.1) is 25.4 Å². The van der Waals surface area contributed by atoms with E-state index < -0.39 is 17.6 Å². The molecule has 0 aliphatic carbocycles. The SMILES string of the molecule is COC(=O)C1=C(CBr)NC(c2ncc(F)cc2F)=NC1. The average molecular weight is 346 g/mol. The molecule has 5 nitrogen and oxygen atoms in total. The molecular formula is C12H10BrF2N3O2. The van der Waals surface area contributed by atoms with Gasteiger partial charge in [-0.3, -0.25) is 4.99 Å². The molecule has 2 rings (SSSR count). The summed E-state index contributed by atoms with van der Waals surface area (Å²) < 4.78 is 31.1. The van der Waals surface area contributed by atoms with Crippen LogP contribution < -0.4 is 5.32 Å². The maximum atomic E-state index is 13.6. The fourth-order valence-corrected chi connectivity index (χ4v) is 2.14. The van der Waals surface area contributed by atoms with Crippen molar-refractivity contribution in [3.8, 4) is 0 Å². The number of esters is 1. The van der Waals surface area contributed by atoms with Crippen molar-refractivity contribution in [3.05, 3.63) is 40.9 Å². The molecule has 8 heteroatoms. The lowest BCUT2D eigenvalue weighted by molar-refractivity contribution is -0.136. The van der Waals surface area contributed by atoms with Gasteiger partial charge in [0, 0.05) is 17.1 Å². The fraction of sp³-hybridized carbons (Fsp3) is 0.250. The smallest absolute Gasteiger partial charge is 0.337 e. The number of hydrogen-bond donors (Lipinski definition) is 1. The van der Waals surface area contributed by atoms with Gasteiger partial charge in [-0.2, -0.15) is 0 Å². The zero-order valence-corrected chi connectivity index (χ0v) is 12.0. The van der Waals surface area contributed by atoms with Crippen molar-refractivity contribution in [1.29, 1.82) is 0 Å². The Morgan fingerprint density at radius 1 is 1.55 bits per heavy atom. The molecule has 1 aliphatic heterocycles. The highest BCUT2D eigenvalue weighted by Gasteiger charge is 2.23. The molecule has 0 amide bonds. The Morgan fingerprint density at radius 3 is 2.90 bits per heavy atom. The lowest BCUT2D eigenvalue weighted by Gasteiger charge is -2.19. The molecule has 0 atom stereocenters. The summed E-state index contributed by atoms with van der Waals surface area (Å²) in [4.78, 5) is 19.2. The van der Waals surface area contributed by atoms with Gasteiger partial charge < -0.3 is 10.1 Å². The zero-order chi connectivity index (χ0) is 14.7. The summed E-state index contributed by atoms with van der Waals surface area (Å²) in [6.07, 6.45) is 0.899.